The summed E-state index contributed by atoms with van der Waals surface area (Å²) in [6.07, 6.45) is 10.3. The summed E-state index contributed by atoms with van der Waals surface area (Å²) in [6.45, 7) is 3.19. The van der Waals surface area contributed by atoms with Gasteiger partial charge in [0.2, 0.25) is 16.0 Å². The van der Waals surface area contributed by atoms with Crippen LogP contribution in [0.4, 0.5) is 5.95 Å². The van der Waals surface area contributed by atoms with E-state index >= 15 is 0 Å². The fraction of sp³-hybridized carbons (Fsp3) is 0.500. The van der Waals surface area contributed by atoms with Crippen LogP contribution in [0.1, 0.15) is 31.7 Å². The number of H-pyrrole nitrogens is 1. The van der Waals surface area contributed by atoms with E-state index in [2.05, 4.69) is 27.5 Å². The van der Waals surface area contributed by atoms with E-state index in [-0.39, 0.29) is 6.04 Å². The quantitative estimate of drug-likeness (QED) is 0.651. The molecule has 1 saturated heterocycles. The zero-order chi connectivity index (χ0) is 19.7. The number of aromatic amines is 1. The molecule has 0 radical (unpaired) electrons. The first kappa shape index (κ1) is 18.9. The Morgan fingerprint density at radius 1 is 1.32 bits per heavy atom. The minimum absolute atomic E-state index is 0.165. The maximum atomic E-state index is 11.7. The first-order valence-electron chi connectivity index (χ1n) is 9.54. The second-order valence-corrected chi connectivity index (χ2v) is 9.21. The SMILES string of the molecule is CCCc1c(-c2cn[nH]c2)ccn2nc(NC3CCN(S(C)(=O)=O)CC3)nc12. The summed E-state index contributed by atoms with van der Waals surface area (Å²) in [7, 11) is -3.12. The highest BCUT2D eigenvalue weighted by Gasteiger charge is 2.25. The predicted octanol–water partition coefficient (Wildman–Crippen LogP) is 1.91. The van der Waals surface area contributed by atoms with E-state index in [0.717, 1.165) is 48.0 Å². The van der Waals surface area contributed by atoms with E-state index in [0.29, 0.717) is 19.0 Å². The lowest BCUT2D eigenvalue weighted by atomic mass is 10.0. The Labute approximate surface area is 164 Å². The summed E-state index contributed by atoms with van der Waals surface area (Å²) in [5.41, 5.74) is 4.15. The zero-order valence-corrected chi connectivity index (χ0v) is 16.9. The summed E-state index contributed by atoms with van der Waals surface area (Å²) in [5.74, 6) is 0.583. The molecule has 9 nitrogen and oxygen atoms in total. The summed E-state index contributed by atoms with van der Waals surface area (Å²) in [4.78, 5) is 4.74. The number of aromatic nitrogens is 5. The number of hydrogen-bond acceptors (Lipinski definition) is 6. The standard InChI is InChI=1S/C18H25N7O2S/c1-3-4-16-15(13-11-19-20-12-13)7-10-25-17(16)22-18(23-25)21-14-5-8-24(9-6-14)28(2,26)27/h7,10-12,14H,3-6,8-9H2,1-2H3,(H,19,20)(H,21,23). The van der Waals surface area contributed by atoms with Gasteiger partial charge in [-0.2, -0.15) is 10.1 Å². The molecule has 4 rings (SSSR count). The third-order valence-corrected chi connectivity index (χ3v) is 6.48. The van der Waals surface area contributed by atoms with Crippen molar-refractivity contribution in [2.24, 2.45) is 0 Å². The molecule has 1 aliphatic heterocycles. The van der Waals surface area contributed by atoms with Crippen molar-refractivity contribution in [1.29, 1.82) is 0 Å². The fourth-order valence-corrected chi connectivity index (χ4v) is 4.61. The van der Waals surface area contributed by atoms with Gasteiger partial charge < -0.3 is 5.32 Å². The first-order chi connectivity index (χ1) is 13.5. The van der Waals surface area contributed by atoms with Crippen molar-refractivity contribution >= 4 is 21.6 Å². The summed E-state index contributed by atoms with van der Waals surface area (Å²) >= 11 is 0. The van der Waals surface area contributed by atoms with Crippen molar-refractivity contribution in [3.8, 4) is 11.1 Å². The monoisotopic (exact) mass is 403 g/mol. The molecule has 28 heavy (non-hydrogen) atoms. The fourth-order valence-electron chi connectivity index (χ4n) is 3.74. The van der Waals surface area contributed by atoms with Gasteiger partial charge in [0.05, 0.1) is 12.5 Å². The molecule has 150 valence electrons. The lowest BCUT2D eigenvalue weighted by Gasteiger charge is -2.30. The van der Waals surface area contributed by atoms with E-state index in [4.69, 9.17) is 4.98 Å². The van der Waals surface area contributed by atoms with Crippen LogP contribution in [0.25, 0.3) is 16.8 Å². The summed E-state index contributed by atoms with van der Waals surface area (Å²) in [6, 6.07) is 2.21. The second kappa shape index (κ2) is 7.51. The molecule has 0 bridgehead atoms. The maximum Gasteiger partial charge on any atom is 0.243 e. The topological polar surface area (TPSA) is 108 Å². The van der Waals surface area contributed by atoms with Gasteiger partial charge in [0.25, 0.3) is 0 Å². The van der Waals surface area contributed by atoms with Gasteiger partial charge in [-0.25, -0.2) is 17.2 Å². The molecular formula is C18H25N7O2S. The molecule has 1 fully saturated rings. The van der Waals surface area contributed by atoms with Crippen LogP contribution < -0.4 is 5.32 Å². The van der Waals surface area contributed by atoms with Crippen molar-refractivity contribution < 1.29 is 8.42 Å². The van der Waals surface area contributed by atoms with Gasteiger partial charge >= 0.3 is 0 Å². The lowest BCUT2D eigenvalue weighted by molar-refractivity contribution is 0.331. The van der Waals surface area contributed by atoms with Crippen LogP contribution in [0.15, 0.2) is 24.7 Å². The highest BCUT2D eigenvalue weighted by Crippen LogP contribution is 2.27. The van der Waals surface area contributed by atoms with Crippen LogP contribution in [0.5, 0.6) is 0 Å². The van der Waals surface area contributed by atoms with Crippen molar-refractivity contribution in [1.82, 2.24) is 29.1 Å². The third-order valence-electron chi connectivity index (χ3n) is 5.17. The van der Waals surface area contributed by atoms with Crippen molar-refractivity contribution in [2.75, 3.05) is 24.7 Å². The number of aryl methyl sites for hydroxylation is 1. The minimum Gasteiger partial charge on any atom is -0.350 e. The largest absolute Gasteiger partial charge is 0.350 e. The number of sulfonamides is 1. The number of nitrogens with zero attached hydrogens (tertiary/aromatic N) is 5. The molecule has 0 unspecified atom stereocenters. The van der Waals surface area contributed by atoms with Gasteiger partial charge in [-0.05, 0) is 30.9 Å². The molecule has 2 N–H and O–H groups in total. The Morgan fingerprint density at radius 3 is 2.75 bits per heavy atom. The number of nitrogens with one attached hydrogen (secondary N) is 2. The normalized spacial score (nSPS) is 16.6. The Kier molecular flexibility index (Phi) is 5.07. The summed E-state index contributed by atoms with van der Waals surface area (Å²) in [5, 5.41) is 14.9. The van der Waals surface area contributed by atoms with Crippen LogP contribution in [0.3, 0.4) is 0 Å². The Balaban J connectivity index is 1.57. The molecule has 0 saturated carbocycles. The van der Waals surface area contributed by atoms with Crippen LogP contribution in [0.2, 0.25) is 0 Å². The predicted molar refractivity (Wildman–Crippen MR) is 108 cm³/mol. The van der Waals surface area contributed by atoms with Gasteiger partial charge in [0.15, 0.2) is 5.65 Å². The van der Waals surface area contributed by atoms with E-state index in [1.54, 1.807) is 0 Å². The van der Waals surface area contributed by atoms with E-state index < -0.39 is 10.0 Å². The first-order valence-corrected chi connectivity index (χ1v) is 11.4. The van der Waals surface area contributed by atoms with Crippen molar-refractivity contribution in [3.05, 3.63) is 30.2 Å². The maximum absolute atomic E-state index is 11.7. The zero-order valence-electron chi connectivity index (χ0n) is 16.1. The molecule has 4 heterocycles. The van der Waals surface area contributed by atoms with Gasteiger partial charge in [-0.1, -0.05) is 13.3 Å². The second-order valence-electron chi connectivity index (χ2n) is 7.23. The summed E-state index contributed by atoms with van der Waals surface area (Å²) < 4.78 is 26.7. The number of rotatable bonds is 6. The van der Waals surface area contributed by atoms with Crippen molar-refractivity contribution in [2.45, 2.75) is 38.6 Å². The number of anilines is 1. The third kappa shape index (κ3) is 3.74. The molecule has 0 aromatic carbocycles. The average molecular weight is 404 g/mol. The van der Waals surface area contributed by atoms with Gasteiger partial charge in [-0.3, -0.25) is 5.10 Å². The smallest absolute Gasteiger partial charge is 0.243 e. The van der Waals surface area contributed by atoms with E-state index in [1.165, 1.54) is 10.6 Å². The molecular weight excluding hydrogens is 378 g/mol. The molecule has 0 aliphatic carbocycles. The Bertz CT molecular complexity index is 1050. The number of hydrogen-bond donors (Lipinski definition) is 2. The molecule has 3 aromatic heterocycles. The van der Waals surface area contributed by atoms with Crippen molar-refractivity contribution in [3.63, 3.8) is 0 Å². The van der Waals surface area contributed by atoms with Gasteiger partial charge in [0.1, 0.15) is 0 Å². The average Bonchev–Trinajstić information content (AvgIpc) is 3.31. The molecule has 0 amide bonds. The Hall–Kier alpha value is -2.46. The van der Waals surface area contributed by atoms with Crippen LogP contribution in [-0.2, 0) is 16.4 Å². The van der Waals surface area contributed by atoms with Crippen LogP contribution >= 0.6 is 0 Å². The number of pyridine rings is 1. The van der Waals surface area contributed by atoms with Crippen LogP contribution in [0, 0.1) is 0 Å². The highest BCUT2D eigenvalue weighted by atomic mass is 32.2. The lowest BCUT2D eigenvalue weighted by Crippen LogP contribution is -2.41. The molecule has 0 spiro atoms. The molecule has 0 atom stereocenters. The molecule has 10 heteroatoms. The van der Waals surface area contributed by atoms with Crippen LogP contribution in [-0.4, -0.2) is 62.9 Å². The van der Waals surface area contributed by atoms with E-state index in [9.17, 15) is 8.42 Å². The van der Waals surface area contributed by atoms with Gasteiger partial charge in [0, 0.05) is 42.7 Å². The highest BCUT2D eigenvalue weighted by molar-refractivity contribution is 7.88. The van der Waals surface area contributed by atoms with Gasteiger partial charge in [-0.15, -0.1) is 5.10 Å². The Morgan fingerprint density at radius 2 is 2.11 bits per heavy atom. The van der Waals surface area contributed by atoms with E-state index in [1.807, 2.05) is 29.2 Å². The number of piperidine rings is 1. The number of fused-ring (bicyclic) bond motifs is 1. The minimum atomic E-state index is -3.12. The molecule has 1 aliphatic rings. The molecule has 3 aromatic rings.